The number of rotatable bonds is 3. The lowest BCUT2D eigenvalue weighted by Gasteiger charge is -1.96. The first-order valence-corrected chi connectivity index (χ1v) is 6.32. The minimum absolute atomic E-state index is 0.242. The molecule has 0 radical (unpaired) electrons. The second-order valence-electron chi connectivity index (χ2n) is 3.16. The van der Waals surface area contributed by atoms with Gasteiger partial charge in [-0.15, -0.1) is 10.2 Å². The molecule has 0 aliphatic heterocycles. The Labute approximate surface area is 95.2 Å². The quantitative estimate of drug-likeness (QED) is 0.776. The van der Waals surface area contributed by atoms with Gasteiger partial charge in [-0.2, -0.15) is 5.10 Å². The lowest BCUT2D eigenvalue weighted by atomic mass is 10.3. The van der Waals surface area contributed by atoms with Crippen molar-refractivity contribution in [1.82, 2.24) is 25.0 Å². The van der Waals surface area contributed by atoms with Gasteiger partial charge in [-0.1, -0.05) is 0 Å². The molecule has 0 fully saturated rings. The molecule has 16 heavy (non-hydrogen) atoms. The summed E-state index contributed by atoms with van der Waals surface area (Å²) < 4.78 is 12.9. The third kappa shape index (κ3) is 2.13. The SMILES string of the molecule is CCn1cc(-c2cnc([S@](C)=O)nn2)cn1. The van der Waals surface area contributed by atoms with Crippen molar-refractivity contribution in [3.05, 3.63) is 18.6 Å². The van der Waals surface area contributed by atoms with Crippen LogP contribution in [0.3, 0.4) is 0 Å². The van der Waals surface area contributed by atoms with E-state index in [1.54, 1.807) is 17.1 Å². The lowest BCUT2D eigenvalue weighted by molar-refractivity contribution is 0.660. The van der Waals surface area contributed by atoms with Crippen molar-refractivity contribution in [2.24, 2.45) is 0 Å². The highest BCUT2D eigenvalue weighted by Gasteiger charge is 2.06. The summed E-state index contributed by atoms with van der Waals surface area (Å²) >= 11 is 0. The highest BCUT2D eigenvalue weighted by Crippen LogP contribution is 2.13. The van der Waals surface area contributed by atoms with Crippen LogP contribution in [0.15, 0.2) is 23.7 Å². The maximum atomic E-state index is 11.1. The van der Waals surface area contributed by atoms with Crippen molar-refractivity contribution in [2.75, 3.05) is 6.26 Å². The molecule has 6 nitrogen and oxygen atoms in total. The number of hydrogen-bond donors (Lipinski definition) is 0. The van der Waals surface area contributed by atoms with E-state index in [9.17, 15) is 4.21 Å². The van der Waals surface area contributed by atoms with Gasteiger partial charge in [0.2, 0.25) is 5.16 Å². The average molecular weight is 237 g/mol. The summed E-state index contributed by atoms with van der Waals surface area (Å²) in [5.74, 6) is 0. The molecule has 2 heterocycles. The number of nitrogens with zero attached hydrogens (tertiary/aromatic N) is 5. The molecule has 0 N–H and O–H groups in total. The van der Waals surface area contributed by atoms with Crippen LogP contribution in [-0.4, -0.2) is 35.4 Å². The first-order valence-electron chi connectivity index (χ1n) is 4.76. The normalized spacial score (nSPS) is 12.6. The molecule has 0 aliphatic carbocycles. The molecule has 0 amide bonds. The fourth-order valence-electron chi connectivity index (χ4n) is 1.20. The van der Waals surface area contributed by atoms with E-state index in [0.29, 0.717) is 5.69 Å². The molecule has 0 saturated carbocycles. The third-order valence-electron chi connectivity index (χ3n) is 2.05. The Kier molecular flexibility index (Phi) is 3.04. The number of aryl methyl sites for hydroxylation is 1. The van der Waals surface area contributed by atoms with Gasteiger partial charge in [0.25, 0.3) is 0 Å². The fraction of sp³-hybridized carbons (Fsp3) is 0.333. The highest BCUT2D eigenvalue weighted by atomic mass is 32.2. The molecule has 0 aliphatic rings. The molecule has 1 atom stereocenters. The van der Waals surface area contributed by atoms with Gasteiger partial charge in [-0.3, -0.25) is 8.89 Å². The molecule has 0 spiro atoms. The topological polar surface area (TPSA) is 73.6 Å². The molecule has 7 heteroatoms. The first-order chi connectivity index (χ1) is 7.70. The average Bonchev–Trinajstić information content (AvgIpc) is 2.77. The molecular weight excluding hydrogens is 226 g/mol. The second-order valence-corrected chi connectivity index (χ2v) is 4.44. The van der Waals surface area contributed by atoms with E-state index in [1.807, 2.05) is 13.1 Å². The van der Waals surface area contributed by atoms with E-state index in [-0.39, 0.29) is 5.16 Å². The Balaban J connectivity index is 2.30. The van der Waals surface area contributed by atoms with Crippen molar-refractivity contribution in [1.29, 1.82) is 0 Å². The van der Waals surface area contributed by atoms with Crippen LogP contribution in [0.4, 0.5) is 0 Å². The number of hydrogen-bond acceptors (Lipinski definition) is 5. The van der Waals surface area contributed by atoms with Gasteiger partial charge in [0.05, 0.1) is 23.2 Å². The van der Waals surface area contributed by atoms with Crippen LogP contribution in [0.1, 0.15) is 6.92 Å². The van der Waals surface area contributed by atoms with E-state index in [1.165, 1.54) is 6.26 Å². The molecule has 0 saturated heterocycles. The largest absolute Gasteiger partial charge is 0.272 e. The first kappa shape index (κ1) is 10.9. The Morgan fingerprint density at radius 1 is 1.38 bits per heavy atom. The molecule has 2 aromatic rings. The Morgan fingerprint density at radius 3 is 2.69 bits per heavy atom. The number of aromatic nitrogens is 5. The third-order valence-corrected chi connectivity index (χ3v) is 2.75. The van der Waals surface area contributed by atoms with Gasteiger partial charge in [-0.25, -0.2) is 4.98 Å². The minimum Gasteiger partial charge on any atom is -0.272 e. The van der Waals surface area contributed by atoms with Gasteiger partial charge in [0, 0.05) is 24.6 Å². The van der Waals surface area contributed by atoms with Gasteiger partial charge in [0.1, 0.15) is 5.69 Å². The molecule has 0 aromatic carbocycles. The van der Waals surface area contributed by atoms with Crippen LogP contribution in [-0.2, 0) is 17.3 Å². The van der Waals surface area contributed by atoms with Crippen molar-refractivity contribution in [3.63, 3.8) is 0 Å². The van der Waals surface area contributed by atoms with Crippen LogP contribution in [0.25, 0.3) is 11.3 Å². The Bertz CT molecular complexity index is 507. The van der Waals surface area contributed by atoms with Crippen molar-refractivity contribution < 1.29 is 4.21 Å². The van der Waals surface area contributed by atoms with E-state index < -0.39 is 10.8 Å². The van der Waals surface area contributed by atoms with Crippen LogP contribution in [0.2, 0.25) is 0 Å². The van der Waals surface area contributed by atoms with Gasteiger partial charge in [-0.05, 0) is 6.92 Å². The fourth-order valence-corrected chi connectivity index (χ4v) is 1.55. The zero-order valence-electron chi connectivity index (χ0n) is 8.99. The lowest BCUT2D eigenvalue weighted by Crippen LogP contribution is -1.99. The Morgan fingerprint density at radius 2 is 2.19 bits per heavy atom. The molecule has 2 aromatic heterocycles. The van der Waals surface area contributed by atoms with Gasteiger partial charge in [0.15, 0.2) is 0 Å². The predicted octanol–water partition coefficient (Wildman–Crippen LogP) is 0.492. The molecule has 2 rings (SSSR count). The Hall–Kier alpha value is -1.63. The predicted molar refractivity (Wildman–Crippen MR) is 59.1 cm³/mol. The van der Waals surface area contributed by atoms with E-state index >= 15 is 0 Å². The summed E-state index contributed by atoms with van der Waals surface area (Å²) in [6, 6.07) is 0. The summed E-state index contributed by atoms with van der Waals surface area (Å²) in [6.07, 6.45) is 6.65. The summed E-state index contributed by atoms with van der Waals surface area (Å²) in [7, 11) is -1.20. The summed E-state index contributed by atoms with van der Waals surface area (Å²) in [5, 5.41) is 12.1. The van der Waals surface area contributed by atoms with Crippen molar-refractivity contribution in [3.8, 4) is 11.3 Å². The summed E-state index contributed by atoms with van der Waals surface area (Å²) in [6.45, 7) is 2.81. The highest BCUT2D eigenvalue weighted by molar-refractivity contribution is 7.84. The zero-order valence-corrected chi connectivity index (χ0v) is 9.81. The molecular formula is C9H11N5OS. The molecule has 0 bridgehead atoms. The van der Waals surface area contributed by atoms with Crippen LogP contribution < -0.4 is 0 Å². The van der Waals surface area contributed by atoms with Gasteiger partial charge < -0.3 is 0 Å². The van der Waals surface area contributed by atoms with E-state index in [0.717, 1.165) is 12.1 Å². The monoisotopic (exact) mass is 237 g/mol. The van der Waals surface area contributed by atoms with Crippen LogP contribution in [0, 0.1) is 0 Å². The van der Waals surface area contributed by atoms with Crippen molar-refractivity contribution >= 4 is 10.8 Å². The van der Waals surface area contributed by atoms with Gasteiger partial charge >= 0.3 is 0 Å². The van der Waals surface area contributed by atoms with Crippen molar-refractivity contribution in [2.45, 2.75) is 18.6 Å². The smallest absolute Gasteiger partial charge is 0.239 e. The zero-order chi connectivity index (χ0) is 11.5. The van der Waals surface area contributed by atoms with Crippen LogP contribution in [0.5, 0.6) is 0 Å². The summed E-state index contributed by atoms with van der Waals surface area (Å²) in [4.78, 5) is 3.98. The second kappa shape index (κ2) is 4.48. The molecule has 84 valence electrons. The molecule has 0 unspecified atom stereocenters. The maximum absolute atomic E-state index is 11.1. The van der Waals surface area contributed by atoms with Crippen LogP contribution >= 0.6 is 0 Å². The summed E-state index contributed by atoms with van der Waals surface area (Å²) in [5.41, 5.74) is 1.49. The standard InChI is InChI=1S/C9H11N5OS/c1-3-14-6-7(4-11-14)8-5-10-9(13-12-8)16(2)15/h4-6H,3H2,1-2H3/t16-/m0/s1. The maximum Gasteiger partial charge on any atom is 0.239 e. The van der Waals surface area contributed by atoms with E-state index in [4.69, 9.17) is 0 Å². The minimum atomic E-state index is -1.20. The van der Waals surface area contributed by atoms with E-state index in [2.05, 4.69) is 20.3 Å².